The van der Waals surface area contributed by atoms with Crippen LogP contribution in [-0.2, 0) is 11.0 Å². The van der Waals surface area contributed by atoms with Gasteiger partial charge in [0.15, 0.2) is 0 Å². The predicted molar refractivity (Wildman–Crippen MR) is 128 cm³/mol. The Bertz CT molecular complexity index is 862. The highest BCUT2D eigenvalue weighted by Gasteiger charge is 2.33. The first kappa shape index (κ1) is 28.3. The Labute approximate surface area is 195 Å². The summed E-state index contributed by atoms with van der Waals surface area (Å²) in [5.74, 6) is -0.818. The fourth-order valence-corrected chi connectivity index (χ4v) is 3.20. The zero-order valence-electron chi connectivity index (χ0n) is 19.8. The smallest absolute Gasteiger partial charge is 0.417 e. The third kappa shape index (κ3) is 12.2. The van der Waals surface area contributed by atoms with E-state index < -0.39 is 17.7 Å². The van der Waals surface area contributed by atoms with Crippen LogP contribution in [0.5, 0.6) is 5.75 Å². The number of unbranched alkanes of at least 4 members (excludes halogenated alkanes) is 6. The molecule has 0 fully saturated rings. The van der Waals surface area contributed by atoms with Crippen molar-refractivity contribution in [3.8, 4) is 5.75 Å². The second kappa shape index (κ2) is 15.1. The highest BCUT2D eigenvalue weighted by atomic mass is 19.4. The summed E-state index contributed by atoms with van der Waals surface area (Å²) in [5.41, 5.74) is 0.536. The van der Waals surface area contributed by atoms with Crippen molar-refractivity contribution in [2.45, 2.75) is 71.9 Å². The fraction of sp³-hybridized carbons (Fsp3) is 0.444. The van der Waals surface area contributed by atoms with Crippen LogP contribution in [-0.4, -0.2) is 17.7 Å². The topological polar surface area (TPSA) is 46.5 Å². The molecule has 0 aliphatic carbocycles. The Morgan fingerprint density at radius 1 is 1.00 bits per heavy atom. The number of hydrogen-bond acceptors (Lipinski definition) is 2. The van der Waals surface area contributed by atoms with Crippen molar-refractivity contribution in [1.82, 2.24) is 0 Å². The Morgan fingerprint density at radius 3 is 2.30 bits per heavy atom. The molecule has 3 nitrogen and oxygen atoms in total. The largest absolute Gasteiger partial charge is 0.493 e. The molecule has 1 aromatic rings. The van der Waals surface area contributed by atoms with Crippen LogP contribution >= 0.6 is 0 Å². The summed E-state index contributed by atoms with van der Waals surface area (Å²) in [6.45, 7) is 5.96. The number of rotatable bonds is 14. The van der Waals surface area contributed by atoms with E-state index in [2.05, 4.69) is 6.92 Å². The maximum absolute atomic E-state index is 13.6. The molecule has 1 rings (SSSR count). The minimum Gasteiger partial charge on any atom is -0.493 e. The molecular weight excluding hydrogens is 429 g/mol. The highest BCUT2D eigenvalue weighted by molar-refractivity contribution is 5.81. The molecule has 0 amide bonds. The van der Waals surface area contributed by atoms with Gasteiger partial charge in [-0.2, -0.15) is 13.2 Å². The van der Waals surface area contributed by atoms with Gasteiger partial charge in [0.1, 0.15) is 5.75 Å². The van der Waals surface area contributed by atoms with Gasteiger partial charge in [-0.05, 0) is 38.0 Å². The molecule has 0 bridgehead atoms. The summed E-state index contributed by atoms with van der Waals surface area (Å²) in [6.07, 6.45) is 12.3. The monoisotopic (exact) mass is 464 g/mol. The SMILES string of the molecule is CCCCCCCCCOc1cccc(C(F)(F)F)c1C=CC(C)=CC=CC(C)=CC(=O)O. The molecule has 6 heteroatoms. The lowest BCUT2D eigenvalue weighted by Crippen LogP contribution is -2.09. The molecule has 182 valence electrons. The molecular formula is C27H35F3O3. The summed E-state index contributed by atoms with van der Waals surface area (Å²) < 4.78 is 46.4. The van der Waals surface area contributed by atoms with Gasteiger partial charge in [-0.25, -0.2) is 4.79 Å². The second-order valence-corrected chi connectivity index (χ2v) is 8.01. The van der Waals surface area contributed by atoms with Gasteiger partial charge in [0, 0.05) is 11.6 Å². The molecule has 0 radical (unpaired) electrons. The Morgan fingerprint density at radius 2 is 1.67 bits per heavy atom. The number of ether oxygens (including phenoxy) is 1. The van der Waals surface area contributed by atoms with Crippen molar-refractivity contribution in [2.75, 3.05) is 6.61 Å². The minimum atomic E-state index is -4.49. The molecule has 0 aliphatic heterocycles. The Kier molecular flexibility index (Phi) is 13.0. The Balaban J connectivity index is 2.89. The summed E-state index contributed by atoms with van der Waals surface area (Å²) >= 11 is 0. The normalized spacial score (nSPS) is 13.3. The van der Waals surface area contributed by atoms with E-state index in [-0.39, 0.29) is 11.3 Å². The fourth-order valence-electron chi connectivity index (χ4n) is 3.20. The summed E-state index contributed by atoms with van der Waals surface area (Å²) in [4.78, 5) is 10.6. The minimum absolute atomic E-state index is 0.00614. The first-order chi connectivity index (χ1) is 15.6. The maximum Gasteiger partial charge on any atom is 0.417 e. The number of carboxylic acid groups (broad SMARTS) is 1. The van der Waals surface area contributed by atoms with Crippen molar-refractivity contribution in [1.29, 1.82) is 0 Å². The highest BCUT2D eigenvalue weighted by Crippen LogP contribution is 2.37. The lowest BCUT2D eigenvalue weighted by molar-refractivity contribution is -0.138. The van der Waals surface area contributed by atoms with E-state index in [1.54, 1.807) is 44.2 Å². The van der Waals surface area contributed by atoms with E-state index in [1.165, 1.54) is 37.8 Å². The van der Waals surface area contributed by atoms with Crippen LogP contribution in [0.4, 0.5) is 13.2 Å². The quantitative estimate of drug-likeness (QED) is 0.171. The van der Waals surface area contributed by atoms with Gasteiger partial charge in [0.25, 0.3) is 0 Å². The van der Waals surface area contributed by atoms with Gasteiger partial charge >= 0.3 is 12.1 Å². The van der Waals surface area contributed by atoms with E-state index in [9.17, 15) is 18.0 Å². The molecule has 1 N–H and O–H groups in total. The summed E-state index contributed by atoms with van der Waals surface area (Å²) in [6, 6.07) is 3.98. The molecule has 1 aromatic carbocycles. The van der Waals surface area contributed by atoms with Crippen molar-refractivity contribution in [3.63, 3.8) is 0 Å². The number of allylic oxidation sites excluding steroid dienone is 6. The third-order valence-electron chi connectivity index (χ3n) is 4.96. The first-order valence-electron chi connectivity index (χ1n) is 11.4. The number of halogens is 3. The van der Waals surface area contributed by atoms with E-state index in [4.69, 9.17) is 9.84 Å². The first-order valence-corrected chi connectivity index (χ1v) is 11.4. The van der Waals surface area contributed by atoms with Crippen LogP contribution in [0.1, 0.15) is 76.8 Å². The second-order valence-electron chi connectivity index (χ2n) is 8.01. The molecule has 0 spiro atoms. The zero-order valence-corrected chi connectivity index (χ0v) is 19.8. The van der Waals surface area contributed by atoms with E-state index >= 15 is 0 Å². The van der Waals surface area contributed by atoms with Gasteiger partial charge in [-0.15, -0.1) is 0 Å². The molecule has 0 unspecified atom stereocenters. The van der Waals surface area contributed by atoms with Crippen LogP contribution in [0.2, 0.25) is 0 Å². The number of aliphatic carboxylic acids is 1. The van der Waals surface area contributed by atoms with Crippen molar-refractivity contribution < 1.29 is 27.8 Å². The summed E-state index contributed by atoms with van der Waals surface area (Å²) in [5, 5.41) is 8.71. The number of carboxylic acids is 1. The van der Waals surface area contributed by atoms with Crippen LogP contribution in [0.15, 0.2) is 59.7 Å². The van der Waals surface area contributed by atoms with E-state index in [0.29, 0.717) is 17.8 Å². The number of hydrogen-bond donors (Lipinski definition) is 1. The number of alkyl halides is 3. The predicted octanol–water partition coefficient (Wildman–Crippen LogP) is 8.38. The van der Waals surface area contributed by atoms with Gasteiger partial charge in [-0.1, -0.05) is 87.5 Å². The molecule has 0 aliphatic rings. The van der Waals surface area contributed by atoms with E-state index in [0.717, 1.165) is 31.4 Å². The van der Waals surface area contributed by atoms with Gasteiger partial charge in [0.2, 0.25) is 0 Å². The molecule has 0 saturated carbocycles. The maximum atomic E-state index is 13.6. The van der Waals surface area contributed by atoms with Crippen LogP contribution in [0.3, 0.4) is 0 Å². The number of carbonyl (C=O) groups is 1. The molecule has 0 saturated heterocycles. The van der Waals surface area contributed by atoms with E-state index in [1.807, 2.05) is 0 Å². The lowest BCUT2D eigenvalue weighted by atomic mass is 10.0. The van der Waals surface area contributed by atoms with Crippen molar-refractivity contribution in [3.05, 3.63) is 70.9 Å². The van der Waals surface area contributed by atoms with Crippen molar-refractivity contribution >= 4 is 12.0 Å². The average molecular weight is 465 g/mol. The lowest BCUT2D eigenvalue weighted by Gasteiger charge is -2.15. The standard InChI is InChI=1S/C27H35F3O3/c1-4-5-6-7-8-9-10-19-33-25-16-12-15-24(27(28,29)30)23(25)18-17-21(2)13-11-14-22(3)20-26(31)32/h11-18,20H,4-10,19H2,1-3H3,(H,31,32). The van der Waals surface area contributed by atoms with Gasteiger partial charge in [0.05, 0.1) is 12.2 Å². The van der Waals surface area contributed by atoms with Gasteiger partial charge < -0.3 is 9.84 Å². The zero-order chi connectivity index (χ0) is 24.7. The van der Waals surface area contributed by atoms with Crippen LogP contribution in [0, 0.1) is 0 Å². The average Bonchev–Trinajstić information content (AvgIpc) is 2.73. The van der Waals surface area contributed by atoms with Gasteiger partial charge in [-0.3, -0.25) is 0 Å². The van der Waals surface area contributed by atoms with Crippen LogP contribution < -0.4 is 4.74 Å². The molecule has 0 aromatic heterocycles. The molecule has 0 atom stereocenters. The van der Waals surface area contributed by atoms with Crippen LogP contribution in [0.25, 0.3) is 6.08 Å². The number of benzene rings is 1. The summed E-state index contributed by atoms with van der Waals surface area (Å²) in [7, 11) is 0. The Hall–Kier alpha value is -2.76. The molecule has 0 heterocycles. The molecule has 33 heavy (non-hydrogen) atoms. The van der Waals surface area contributed by atoms with Crippen molar-refractivity contribution in [2.24, 2.45) is 0 Å². The third-order valence-corrected chi connectivity index (χ3v) is 4.96.